The first-order valence-corrected chi connectivity index (χ1v) is 9.22. The molecule has 2 heterocycles. The van der Waals surface area contributed by atoms with Gasteiger partial charge in [-0.25, -0.2) is 0 Å². The Hall–Kier alpha value is -1.80. The van der Waals surface area contributed by atoms with Gasteiger partial charge in [0.2, 0.25) is 0 Å². The zero-order chi connectivity index (χ0) is 18.6. The normalized spacial score (nSPS) is 33.4. The second kappa shape index (κ2) is 8.48. The minimum atomic E-state index is -0.785. The number of nitrogens with one attached hydrogen (secondary N) is 1. The first-order chi connectivity index (χ1) is 13.3. The molecule has 2 aromatic carbocycles. The monoisotopic (exact) mass is 371 g/mol. The van der Waals surface area contributed by atoms with Gasteiger partial charge in [-0.2, -0.15) is 0 Å². The summed E-state index contributed by atoms with van der Waals surface area (Å²) in [5, 5.41) is 14.4. The Morgan fingerprint density at radius 2 is 1.74 bits per heavy atom. The minimum Gasteiger partial charge on any atom is -0.388 e. The molecule has 0 radical (unpaired) electrons. The topological polar surface area (TPSA) is 69.2 Å². The third kappa shape index (κ3) is 4.06. The third-order valence-electron chi connectivity index (χ3n) is 5.05. The number of hydrogen-bond donors (Lipinski definition) is 2. The molecule has 2 aliphatic heterocycles. The first-order valence-electron chi connectivity index (χ1n) is 9.22. The highest BCUT2D eigenvalue weighted by atomic mass is 16.7. The summed E-state index contributed by atoms with van der Waals surface area (Å²) in [5.74, 6) is 0. The van der Waals surface area contributed by atoms with Crippen LogP contribution in [0.2, 0.25) is 0 Å². The Balaban J connectivity index is 1.46. The highest BCUT2D eigenvalue weighted by molar-refractivity contribution is 5.17. The Morgan fingerprint density at radius 3 is 2.44 bits per heavy atom. The molecule has 0 bridgehead atoms. The van der Waals surface area contributed by atoms with Crippen molar-refractivity contribution in [1.82, 2.24) is 5.32 Å². The van der Waals surface area contributed by atoms with Gasteiger partial charge < -0.3 is 29.4 Å². The number of ether oxygens (including phenoxy) is 4. The number of aliphatic hydroxyl groups is 1. The van der Waals surface area contributed by atoms with Crippen LogP contribution < -0.4 is 5.32 Å². The van der Waals surface area contributed by atoms with Crippen molar-refractivity contribution in [1.29, 1.82) is 0 Å². The molecule has 2 saturated heterocycles. The van der Waals surface area contributed by atoms with E-state index in [0.29, 0.717) is 13.2 Å². The summed E-state index contributed by atoms with van der Waals surface area (Å²) in [6.45, 7) is 0.939. The first kappa shape index (κ1) is 18.6. The maximum atomic E-state index is 11.0. The number of hydrogen-bond acceptors (Lipinski definition) is 6. The van der Waals surface area contributed by atoms with Gasteiger partial charge in [0.1, 0.15) is 18.3 Å². The molecule has 144 valence electrons. The quantitative estimate of drug-likeness (QED) is 0.838. The van der Waals surface area contributed by atoms with Crippen LogP contribution in [0.15, 0.2) is 60.7 Å². The Bertz CT molecular complexity index is 707. The molecule has 0 aromatic heterocycles. The summed E-state index contributed by atoms with van der Waals surface area (Å²) >= 11 is 0. The van der Waals surface area contributed by atoms with Crippen molar-refractivity contribution in [3.8, 4) is 0 Å². The summed E-state index contributed by atoms with van der Waals surface area (Å²) in [4.78, 5) is 0. The van der Waals surface area contributed by atoms with Gasteiger partial charge in [0.05, 0.1) is 12.6 Å². The summed E-state index contributed by atoms with van der Waals surface area (Å²) in [5.41, 5.74) is 2.04. The molecule has 6 nitrogen and oxygen atoms in total. The fourth-order valence-electron chi connectivity index (χ4n) is 3.62. The van der Waals surface area contributed by atoms with Gasteiger partial charge in [-0.3, -0.25) is 0 Å². The summed E-state index contributed by atoms with van der Waals surface area (Å²) in [6, 6.07) is 19.3. The van der Waals surface area contributed by atoms with Crippen molar-refractivity contribution in [2.45, 2.75) is 43.5 Å². The van der Waals surface area contributed by atoms with E-state index in [4.69, 9.17) is 18.9 Å². The SMILES string of the molecule is COC1O[C@@H]2COC(c3ccccc3)O[C@H]2[C@H](O)[C@H]1NCc1ccccc1. The predicted octanol–water partition coefficient (Wildman–Crippen LogP) is 1.99. The van der Waals surface area contributed by atoms with Crippen molar-refractivity contribution in [3.05, 3.63) is 71.8 Å². The third-order valence-corrected chi connectivity index (χ3v) is 5.05. The van der Waals surface area contributed by atoms with E-state index in [0.717, 1.165) is 11.1 Å². The van der Waals surface area contributed by atoms with Crippen LogP contribution in [0.5, 0.6) is 0 Å². The van der Waals surface area contributed by atoms with E-state index in [1.807, 2.05) is 60.7 Å². The van der Waals surface area contributed by atoms with E-state index in [1.54, 1.807) is 7.11 Å². The molecule has 4 rings (SSSR count). The minimum absolute atomic E-state index is 0.340. The van der Waals surface area contributed by atoms with Crippen molar-refractivity contribution < 1.29 is 24.1 Å². The van der Waals surface area contributed by atoms with E-state index in [1.165, 1.54) is 0 Å². The van der Waals surface area contributed by atoms with Crippen molar-refractivity contribution >= 4 is 0 Å². The van der Waals surface area contributed by atoms with E-state index < -0.39 is 30.8 Å². The van der Waals surface area contributed by atoms with Gasteiger partial charge in [-0.15, -0.1) is 0 Å². The molecule has 2 fully saturated rings. The molecular weight excluding hydrogens is 346 g/mol. The van der Waals surface area contributed by atoms with Gasteiger partial charge >= 0.3 is 0 Å². The lowest BCUT2D eigenvalue weighted by molar-refractivity contribution is -0.341. The average Bonchev–Trinajstić information content (AvgIpc) is 2.74. The molecule has 2 aromatic rings. The Labute approximate surface area is 159 Å². The van der Waals surface area contributed by atoms with Gasteiger partial charge in [0, 0.05) is 19.2 Å². The van der Waals surface area contributed by atoms with Crippen LogP contribution >= 0.6 is 0 Å². The number of methoxy groups -OCH3 is 1. The molecule has 0 aliphatic carbocycles. The van der Waals surface area contributed by atoms with Crippen molar-refractivity contribution in [2.75, 3.05) is 13.7 Å². The summed E-state index contributed by atoms with van der Waals surface area (Å²) in [6.07, 6.45) is -2.75. The molecule has 6 atom stereocenters. The maximum Gasteiger partial charge on any atom is 0.184 e. The number of fused-ring (bicyclic) bond motifs is 1. The van der Waals surface area contributed by atoms with Crippen LogP contribution in [0.25, 0.3) is 0 Å². The molecular formula is C21H25NO5. The second-order valence-corrected chi connectivity index (χ2v) is 6.84. The standard InChI is InChI=1S/C21H25NO5/c1-24-21-17(22-12-14-8-4-2-5-9-14)18(23)19-16(26-21)13-25-20(27-19)15-10-6-3-7-11-15/h2-11,16-23H,12-13H2,1H3/t16-,17-,18-,19-,20?,21?/m1/s1. The number of rotatable bonds is 5. The largest absolute Gasteiger partial charge is 0.388 e. The van der Waals surface area contributed by atoms with Crippen LogP contribution in [-0.4, -0.2) is 49.5 Å². The fraction of sp³-hybridized carbons (Fsp3) is 0.429. The number of benzene rings is 2. The van der Waals surface area contributed by atoms with Crippen LogP contribution in [-0.2, 0) is 25.5 Å². The van der Waals surface area contributed by atoms with Gasteiger partial charge in [0.15, 0.2) is 12.6 Å². The van der Waals surface area contributed by atoms with E-state index >= 15 is 0 Å². The molecule has 0 saturated carbocycles. The van der Waals surface area contributed by atoms with Crippen LogP contribution in [0, 0.1) is 0 Å². The summed E-state index contributed by atoms with van der Waals surface area (Å²) < 4.78 is 23.3. The lowest BCUT2D eigenvalue weighted by Gasteiger charge is -2.47. The van der Waals surface area contributed by atoms with Gasteiger partial charge in [-0.1, -0.05) is 60.7 Å². The molecule has 6 heteroatoms. The smallest absolute Gasteiger partial charge is 0.184 e. The Kier molecular flexibility index (Phi) is 5.83. The molecule has 0 amide bonds. The van der Waals surface area contributed by atoms with Gasteiger partial charge in [0.25, 0.3) is 0 Å². The lowest BCUT2D eigenvalue weighted by atomic mass is 9.95. The molecule has 2 aliphatic rings. The fourth-order valence-corrected chi connectivity index (χ4v) is 3.62. The van der Waals surface area contributed by atoms with E-state index in [2.05, 4.69) is 5.32 Å². The van der Waals surface area contributed by atoms with Crippen molar-refractivity contribution in [3.63, 3.8) is 0 Å². The van der Waals surface area contributed by atoms with Gasteiger partial charge in [-0.05, 0) is 5.56 Å². The Morgan fingerprint density at radius 1 is 1.04 bits per heavy atom. The predicted molar refractivity (Wildman–Crippen MR) is 98.8 cm³/mol. The highest BCUT2D eigenvalue weighted by Crippen LogP contribution is 2.34. The van der Waals surface area contributed by atoms with E-state index in [9.17, 15) is 5.11 Å². The zero-order valence-corrected chi connectivity index (χ0v) is 15.2. The molecule has 2 N–H and O–H groups in total. The van der Waals surface area contributed by atoms with Crippen LogP contribution in [0.4, 0.5) is 0 Å². The highest BCUT2D eigenvalue weighted by Gasteiger charge is 2.49. The second-order valence-electron chi connectivity index (χ2n) is 6.84. The average molecular weight is 371 g/mol. The maximum absolute atomic E-state index is 11.0. The molecule has 0 spiro atoms. The molecule has 27 heavy (non-hydrogen) atoms. The molecule has 2 unspecified atom stereocenters. The zero-order valence-electron chi connectivity index (χ0n) is 15.2. The summed E-state index contributed by atoms with van der Waals surface area (Å²) in [7, 11) is 1.58. The van der Waals surface area contributed by atoms with Crippen LogP contribution in [0.1, 0.15) is 17.4 Å². The lowest BCUT2D eigenvalue weighted by Crippen LogP contribution is -2.65. The van der Waals surface area contributed by atoms with Crippen molar-refractivity contribution in [2.24, 2.45) is 0 Å². The van der Waals surface area contributed by atoms with E-state index in [-0.39, 0.29) is 6.10 Å². The van der Waals surface area contributed by atoms with Crippen LogP contribution in [0.3, 0.4) is 0 Å². The number of aliphatic hydroxyl groups excluding tert-OH is 1.